The lowest BCUT2D eigenvalue weighted by atomic mass is 10.5. The highest BCUT2D eigenvalue weighted by Gasteiger charge is 2.19. The summed E-state index contributed by atoms with van der Waals surface area (Å²) in [6, 6.07) is 0. The van der Waals surface area contributed by atoms with Gasteiger partial charge in [0.05, 0.1) is 11.5 Å². The van der Waals surface area contributed by atoms with Crippen LogP contribution in [0.4, 0.5) is 0 Å². The molecule has 0 fully saturated rings. The molecule has 0 aromatic rings. The molecule has 0 aliphatic carbocycles. The van der Waals surface area contributed by atoms with E-state index in [-0.39, 0.29) is 11.5 Å². The number of alkyl halides is 1. The van der Waals surface area contributed by atoms with Gasteiger partial charge in [0.1, 0.15) is 9.84 Å². The molecule has 0 unspecified atom stereocenters. The van der Waals surface area contributed by atoms with Gasteiger partial charge in [-0.25, -0.2) is 21.1 Å². The van der Waals surface area contributed by atoms with Gasteiger partial charge >= 0.3 is 0 Å². The molecule has 0 atom stereocenters. The highest BCUT2D eigenvalue weighted by atomic mass is 79.9. The van der Waals surface area contributed by atoms with Crippen molar-refractivity contribution in [3.8, 4) is 0 Å². The quantitative estimate of drug-likeness (QED) is 0.622. The maximum Gasteiger partial charge on any atom is 0.214 e. The molecule has 15 heavy (non-hydrogen) atoms. The zero-order valence-electron chi connectivity index (χ0n) is 8.81. The normalized spacial score (nSPS) is 13.3. The number of rotatable bonds is 7. The molecule has 0 aromatic heterocycles. The van der Waals surface area contributed by atoms with Crippen molar-refractivity contribution in [3.63, 3.8) is 0 Å². The maximum absolute atomic E-state index is 11.5. The first-order valence-electron chi connectivity index (χ1n) is 4.37. The van der Waals surface area contributed by atoms with E-state index in [2.05, 4.69) is 15.9 Å². The minimum atomic E-state index is -3.43. The SMILES string of the molecule is CN(CCCBr)S(=O)(=O)CCS(C)(=O)=O. The first kappa shape index (κ1) is 15.3. The van der Waals surface area contributed by atoms with Crippen molar-refractivity contribution in [2.45, 2.75) is 6.42 Å². The molecule has 0 spiro atoms. The lowest BCUT2D eigenvalue weighted by molar-refractivity contribution is 0.471. The summed E-state index contributed by atoms with van der Waals surface area (Å²) in [5, 5.41) is 0.721. The molecule has 0 aliphatic rings. The molecule has 0 rings (SSSR count). The summed E-state index contributed by atoms with van der Waals surface area (Å²) in [7, 11) is -5.20. The van der Waals surface area contributed by atoms with Crippen LogP contribution in [0.5, 0.6) is 0 Å². The largest absolute Gasteiger partial charge is 0.229 e. The summed E-state index contributed by atoms with van der Waals surface area (Å²) < 4.78 is 45.9. The van der Waals surface area contributed by atoms with Crippen LogP contribution in [0.3, 0.4) is 0 Å². The van der Waals surface area contributed by atoms with E-state index in [0.29, 0.717) is 13.0 Å². The van der Waals surface area contributed by atoms with Crippen molar-refractivity contribution >= 4 is 35.8 Å². The van der Waals surface area contributed by atoms with E-state index in [0.717, 1.165) is 11.6 Å². The van der Waals surface area contributed by atoms with Gasteiger partial charge in [-0.2, -0.15) is 0 Å². The number of nitrogens with zero attached hydrogens (tertiary/aromatic N) is 1. The van der Waals surface area contributed by atoms with Gasteiger partial charge in [-0.1, -0.05) is 15.9 Å². The Hall–Kier alpha value is 0.340. The highest BCUT2D eigenvalue weighted by molar-refractivity contribution is 9.09. The molecule has 0 bridgehead atoms. The predicted octanol–water partition coefficient (Wildman–Crippen LogP) is 0.0776. The zero-order valence-corrected chi connectivity index (χ0v) is 12.0. The second-order valence-electron chi connectivity index (χ2n) is 3.31. The average molecular weight is 322 g/mol. The summed E-state index contributed by atoms with van der Waals surface area (Å²) in [5.41, 5.74) is 0. The van der Waals surface area contributed by atoms with Crippen molar-refractivity contribution < 1.29 is 16.8 Å². The lowest BCUT2D eigenvalue weighted by Gasteiger charge is -2.15. The maximum atomic E-state index is 11.5. The Kier molecular flexibility index (Phi) is 6.31. The third-order valence-electron chi connectivity index (χ3n) is 1.79. The van der Waals surface area contributed by atoms with Crippen LogP contribution in [-0.4, -0.2) is 57.8 Å². The molecule has 0 saturated carbocycles. The molecule has 8 heteroatoms. The Morgan fingerprint density at radius 2 is 1.67 bits per heavy atom. The van der Waals surface area contributed by atoms with E-state index >= 15 is 0 Å². The van der Waals surface area contributed by atoms with E-state index < -0.39 is 19.9 Å². The fourth-order valence-corrected chi connectivity index (χ4v) is 3.86. The highest BCUT2D eigenvalue weighted by Crippen LogP contribution is 2.02. The minimum Gasteiger partial charge on any atom is -0.229 e. The van der Waals surface area contributed by atoms with Crippen molar-refractivity contribution in [2.75, 3.05) is 36.7 Å². The lowest BCUT2D eigenvalue weighted by Crippen LogP contribution is -2.32. The Balaban J connectivity index is 4.30. The van der Waals surface area contributed by atoms with Gasteiger partial charge in [0, 0.05) is 25.2 Å². The number of sulfone groups is 1. The van der Waals surface area contributed by atoms with Gasteiger partial charge in [-0.3, -0.25) is 0 Å². The second kappa shape index (κ2) is 6.17. The summed E-state index contributed by atoms with van der Waals surface area (Å²) >= 11 is 3.20. The van der Waals surface area contributed by atoms with Crippen LogP contribution >= 0.6 is 15.9 Å². The fourth-order valence-electron chi connectivity index (χ4n) is 0.834. The Morgan fingerprint density at radius 1 is 1.13 bits per heavy atom. The van der Waals surface area contributed by atoms with Gasteiger partial charge in [0.2, 0.25) is 10.0 Å². The molecule has 5 nitrogen and oxygen atoms in total. The molecule has 0 amide bonds. The fraction of sp³-hybridized carbons (Fsp3) is 1.00. The van der Waals surface area contributed by atoms with Gasteiger partial charge < -0.3 is 0 Å². The smallest absolute Gasteiger partial charge is 0.214 e. The third-order valence-corrected chi connectivity index (χ3v) is 5.41. The van der Waals surface area contributed by atoms with Crippen molar-refractivity contribution in [2.24, 2.45) is 0 Å². The standard InChI is InChI=1S/C7H16BrNO4S2/c1-9(5-3-4-8)15(12,13)7-6-14(2,10)11/h3-7H2,1-2H3. The van der Waals surface area contributed by atoms with Crippen LogP contribution in [0.2, 0.25) is 0 Å². The summed E-state index contributed by atoms with van der Waals surface area (Å²) in [6.45, 7) is 0.400. The van der Waals surface area contributed by atoms with Crippen LogP contribution in [0, 0.1) is 0 Å². The second-order valence-corrected chi connectivity index (χ2v) is 8.56. The summed E-state index contributed by atoms with van der Waals surface area (Å²) in [5.74, 6) is -0.668. The summed E-state index contributed by atoms with van der Waals surface area (Å²) in [4.78, 5) is 0. The monoisotopic (exact) mass is 321 g/mol. The number of hydrogen-bond acceptors (Lipinski definition) is 4. The Morgan fingerprint density at radius 3 is 2.07 bits per heavy atom. The molecular weight excluding hydrogens is 306 g/mol. The van der Waals surface area contributed by atoms with Crippen molar-refractivity contribution in [3.05, 3.63) is 0 Å². The van der Waals surface area contributed by atoms with Crippen LogP contribution in [0.25, 0.3) is 0 Å². The molecule has 0 aromatic carbocycles. The molecule has 0 aliphatic heterocycles. The first-order valence-corrected chi connectivity index (χ1v) is 9.16. The molecular formula is C7H16BrNO4S2. The van der Waals surface area contributed by atoms with E-state index in [9.17, 15) is 16.8 Å². The van der Waals surface area contributed by atoms with Gasteiger partial charge in [0.15, 0.2) is 0 Å². The van der Waals surface area contributed by atoms with Gasteiger partial charge in [0.25, 0.3) is 0 Å². The zero-order chi connectivity index (χ0) is 12.1. The first-order chi connectivity index (χ1) is 6.69. The number of sulfonamides is 1. The van der Waals surface area contributed by atoms with E-state index in [1.165, 1.54) is 11.4 Å². The predicted molar refractivity (Wildman–Crippen MR) is 64.5 cm³/mol. The Labute approximate surface area is 99.9 Å². The Bertz CT molecular complexity index is 376. The molecule has 92 valence electrons. The van der Waals surface area contributed by atoms with Crippen LogP contribution in [0.1, 0.15) is 6.42 Å². The topological polar surface area (TPSA) is 71.5 Å². The van der Waals surface area contributed by atoms with Crippen molar-refractivity contribution in [1.82, 2.24) is 4.31 Å². The molecule has 0 saturated heterocycles. The van der Waals surface area contributed by atoms with Crippen LogP contribution < -0.4 is 0 Å². The molecule has 0 heterocycles. The van der Waals surface area contributed by atoms with Crippen LogP contribution in [0.15, 0.2) is 0 Å². The number of halogens is 1. The minimum absolute atomic E-state index is 0.325. The summed E-state index contributed by atoms with van der Waals surface area (Å²) in [6.07, 6.45) is 1.73. The molecule has 0 N–H and O–H groups in total. The third kappa shape index (κ3) is 7.26. The van der Waals surface area contributed by atoms with E-state index in [1.807, 2.05) is 0 Å². The van der Waals surface area contributed by atoms with Crippen molar-refractivity contribution in [1.29, 1.82) is 0 Å². The van der Waals surface area contributed by atoms with Gasteiger partial charge in [-0.05, 0) is 6.42 Å². The number of hydrogen-bond donors (Lipinski definition) is 0. The van der Waals surface area contributed by atoms with E-state index in [1.54, 1.807) is 0 Å². The van der Waals surface area contributed by atoms with E-state index in [4.69, 9.17) is 0 Å². The molecule has 0 radical (unpaired) electrons. The average Bonchev–Trinajstić information content (AvgIpc) is 2.10. The van der Waals surface area contributed by atoms with Crippen LogP contribution in [-0.2, 0) is 19.9 Å². The van der Waals surface area contributed by atoms with Gasteiger partial charge in [-0.15, -0.1) is 0 Å².